The first kappa shape index (κ1) is 16.4. The number of aromatic nitrogens is 4. The molecule has 0 aliphatic heterocycles. The highest BCUT2D eigenvalue weighted by molar-refractivity contribution is 6.00. The Kier molecular flexibility index (Phi) is 4.29. The molecule has 2 aromatic heterocycles. The van der Waals surface area contributed by atoms with Crippen molar-refractivity contribution >= 4 is 28.9 Å². The standard InChI is InChI=1S/C16H15N5O4/c1-8-3-4-10(5-11(8)22)16(24)25-9(2)15(23)21-14-12-13(18-6-17-12)19-7-20-14/h3-7,9,22H,1-2H3,(H2,17,18,19,20,21,23)/t9-/m0/s1. The van der Waals surface area contributed by atoms with Gasteiger partial charge in [0, 0.05) is 0 Å². The largest absolute Gasteiger partial charge is 0.508 e. The lowest BCUT2D eigenvalue weighted by atomic mass is 10.1. The highest BCUT2D eigenvalue weighted by Crippen LogP contribution is 2.19. The minimum absolute atomic E-state index is 0.0193. The predicted molar refractivity (Wildman–Crippen MR) is 88.0 cm³/mol. The number of fused-ring (bicyclic) bond motifs is 1. The number of benzene rings is 1. The molecule has 1 amide bonds. The molecule has 128 valence electrons. The summed E-state index contributed by atoms with van der Waals surface area (Å²) in [4.78, 5) is 39.0. The molecule has 0 bridgehead atoms. The summed E-state index contributed by atoms with van der Waals surface area (Å²) in [6, 6.07) is 4.40. The summed E-state index contributed by atoms with van der Waals surface area (Å²) in [5, 5.41) is 12.2. The van der Waals surface area contributed by atoms with E-state index < -0.39 is 18.0 Å². The van der Waals surface area contributed by atoms with Crippen LogP contribution in [0.4, 0.5) is 5.82 Å². The summed E-state index contributed by atoms with van der Waals surface area (Å²) in [6.07, 6.45) is 1.64. The quantitative estimate of drug-likeness (QED) is 0.614. The number of carbonyl (C=O) groups excluding carboxylic acids is 2. The van der Waals surface area contributed by atoms with Crippen molar-refractivity contribution in [1.82, 2.24) is 19.9 Å². The Labute approximate surface area is 142 Å². The van der Waals surface area contributed by atoms with Gasteiger partial charge in [0.05, 0.1) is 11.9 Å². The third-order valence-corrected chi connectivity index (χ3v) is 3.56. The van der Waals surface area contributed by atoms with Crippen LogP contribution in [0, 0.1) is 6.92 Å². The van der Waals surface area contributed by atoms with Crippen molar-refractivity contribution in [2.24, 2.45) is 0 Å². The van der Waals surface area contributed by atoms with Crippen LogP contribution >= 0.6 is 0 Å². The van der Waals surface area contributed by atoms with Crippen LogP contribution in [-0.2, 0) is 9.53 Å². The molecule has 3 rings (SSSR count). The maximum Gasteiger partial charge on any atom is 0.339 e. The molecule has 1 aromatic carbocycles. The van der Waals surface area contributed by atoms with Gasteiger partial charge >= 0.3 is 5.97 Å². The summed E-state index contributed by atoms with van der Waals surface area (Å²) < 4.78 is 5.13. The first-order valence-corrected chi connectivity index (χ1v) is 7.41. The molecule has 0 aliphatic rings. The van der Waals surface area contributed by atoms with E-state index in [1.165, 1.54) is 31.7 Å². The number of anilines is 1. The van der Waals surface area contributed by atoms with Crippen molar-refractivity contribution < 1.29 is 19.4 Å². The van der Waals surface area contributed by atoms with Gasteiger partial charge in [-0.1, -0.05) is 6.07 Å². The van der Waals surface area contributed by atoms with E-state index in [0.29, 0.717) is 16.7 Å². The number of hydrogen-bond acceptors (Lipinski definition) is 7. The number of ether oxygens (including phenoxy) is 1. The Balaban J connectivity index is 1.69. The molecular weight excluding hydrogens is 326 g/mol. The van der Waals surface area contributed by atoms with Crippen molar-refractivity contribution in [3.63, 3.8) is 0 Å². The topological polar surface area (TPSA) is 130 Å². The number of nitrogens with one attached hydrogen (secondary N) is 2. The molecule has 0 spiro atoms. The molecular formula is C16H15N5O4. The number of nitrogens with zero attached hydrogens (tertiary/aromatic N) is 3. The van der Waals surface area contributed by atoms with Gasteiger partial charge in [0.1, 0.15) is 17.6 Å². The molecule has 0 aliphatic carbocycles. The third kappa shape index (κ3) is 3.39. The first-order chi connectivity index (χ1) is 12.0. The minimum Gasteiger partial charge on any atom is -0.508 e. The molecule has 0 unspecified atom stereocenters. The number of aromatic hydroxyl groups is 1. The molecule has 2 heterocycles. The number of aromatic amines is 1. The van der Waals surface area contributed by atoms with E-state index in [9.17, 15) is 14.7 Å². The van der Waals surface area contributed by atoms with Crippen molar-refractivity contribution in [2.75, 3.05) is 5.32 Å². The molecule has 9 heteroatoms. The molecule has 3 N–H and O–H groups in total. The van der Waals surface area contributed by atoms with Crippen LogP contribution in [0.25, 0.3) is 11.2 Å². The lowest BCUT2D eigenvalue weighted by Crippen LogP contribution is -2.30. The second-order valence-electron chi connectivity index (χ2n) is 5.36. The average Bonchev–Trinajstić information content (AvgIpc) is 3.07. The number of phenols is 1. The van der Waals surface area contributed by atoms with Gasteiger partial charge in [-0.2, -0.15) is 0 Å². The van der Waals surface area contributed by atoms with Crippen molar-refractivity contribution in [1.29, 1.82) is 0 Å². The van der Waals surface area contributed by atoms with Crippen LogP contribution in [0.1, 0.15) is 22.8 Å². The van der Waals surface area contributed by atoms with Crippen LogP contribution in [0.3, 0.4) is 0 Å². The number of imidazole rings is 1. The Morgan fingerprint density at radius 3 is 2.84 bits per heavy atom. The summed E-state index contributed by atoms with van der Waals surface area (Å²) in [6.45, 7) is 3.14. The summed E-state index contributed by atoms with van der Waals surface area (Å²) >= 11 is 0. The normalized spacial score (nSPS) is 11.9. The number of phenolic OH excluding ortho intramolecular Hbond substituents is 1. The third-order valence-electron chi connectivity index (χ3n) is 3.56. The van der Waals surface area contributed by atoms with Gasteiger partial charge in [-0.25, -0.2) is 19.7 Å². The number of aryl methyl sites for hydroxylation is 1. The van der Waals surface area contributed by atoms with Crippen molar-refractivity contribution in [3.05, 3.63) is 42.0 Å². The molecule has 9 nitrogen and oxygen atoms in total. The summed E-state index contributed by atoms with van der Waals surface area (Å²) in [5.41, 5.74) is 1.67. The summed E-state index contributed by atoms with van der Waals surface area (Å²) in [5.74, 6) is -1.05. The van der Waals surface area contributed by atoms with Crippen LogP contribution in [-0.4, -0.2) is 43.0 Å². The lowest BCUT2D eigenvalue weighted by Gasteiger charge is -2.13. The van der Waals surface area contributed by atoms with Gasteiger partial charge in [-0.15, -0.1) is 0 Å². The summed E-state index contributed by atoms with van der Waals surface area (Å²) in [7, 11) is 0. The SMILES string of the molecule is Cc1ccc(C(=O)O[C@@H](C)C(=O)Nc2ncnc3nc[nH]c23)cc1O. The minimum atomic E-state index is -1.07. The number of carbonyl (C=O) groups is 2. The highest BCUT2D eigenvalue weighted by Gasteiger charge is 2.21. The van der Waals surface area contributed by atoms with Crippen LogP contribution in [0.15, 0.2) is 30.9 Å². The van der Waals surface area contributed by atoms with Gasteiger partial charge in [0.2, 0.25) is 0 Å². The van der Waals surface area contributed by atoms with Gasteiger partial charge in [-0.3, -0.25) is 4.79 Å². The number of hydrogen-bond donors (Lipinski definition) is 3. The van der Waals surface area contributed by atoms with E-state index in [1.54, 1.807) is 13.0 Å². The first-order valence-electron chi connectivity index (χ1n) is 7.41. The van der Waals surface area contributed by atoms with E-state index in [0.717, 1.165) is 0 Å². The van der Waals surface area contributed by atoms with Crippen LogP contribution in [0.5, 0.6) is 5.75 Å². The molecule has 3 aromatic rings. The number of esters is 1. The molecule has 0 saturated carbocycles. The maximum atomic E-state index is 12.2. The van der Waals surface area contributed by atoms with Gasteiger partial charge in [-0.05, 0) is 31.5 Å². The van der Waals surface area contributed by atoms with E-state index >= 15 is 0 Å². The molecule has 25 heavy (non-hydrogen) atoms. The Morgan fingerprint density at radius 2 is 2.08 bits per heavy atom. The smallest absolute Gasteiger partial charge is 0.339 e. The second-order valence-corrected chi connectivity index (χ2v) is 5.36. The zero-order valence-electron chi connectivity index (χ0n) is 13.5. The van der Waals surface area contributed by atoms with Gasteiger partial charge < -0.3 is 20.1 Å². The van der Waals surface area contributed by atoms with E-state index in [-0.39, 0.29) is 17.1 Å². The van der Waals surface area contributed by atoms with Crippen molar-refractivity contribution in [3.8, 4) is 5.75 Å². The van der Waals surface area contributed by atoms with Gasteiger partial charge in [0.25, 0.3) is 5.91 Å². The molecule has 1 atom stereocenters. The van der Waals surface area contributed by atoms with Gasteiger partial charge in [0.15, 0.2) is 17.6 Å². The fraction of sp³-hybridized carbons (Fsp3) is 0.188. The number of rotatable bonds is 4. The fourth-order valence-electron chi connectivity index (χ4n) is 2.10. The predicted octanol–water partition coefficient (Wildman–Crippen LogP) is 1.55. The Hall–Kier alpha value is -3.49. The lowest BCUT2D eigenvalue weighted by molar-refractivity contribution is -0.123. The Morgan fingerprint density at radius 1 is 1.28 bits per heavy atom. The fourth-order valence-corrected chi connectivity index (χ4v) is 2.10. The zero-order valence-corrected chi connectivity index (χ0v) is 13.5. The van der Waals surface area contributed by atoms with Crippen LogP contribution in [0.2, 0.25) is 0 Å². The molecule has 0 saturated heterocycles. The molecule has 0 radical (unpaired) electrons. The second kappa shape index (κ2) is 6.56. The average molecular weight is 341 g/mol. The van der Waals surface area contributed by atoms with Crippen LogP contribution < -0.4 is 5.32 Å². The number of amides is 1. The molecule has 0 fully saturated rings. The maximum absolute atomic E-state index is 12.2. The van der Waals surface area contributed by atoms with E-state index in [4.69, 9.17) is 4.74 Å². The monoisotopic (exact) mass is 341 g/mol. The van der Waals surface area contributed by atoms with E-state index in [2.05, 4.69) is 25.3 Å². The Bertz CT molecular complexity index is 953. The van der Waals surface area contributed by atoms with E-state index in [1.807, 2.05) is 0 Å². The highest BCUT2D eigenvalue weighted by atomic mass is 16.5. The zero-order chi connectivity index (χ0) is 18.0. The number of H-pyrrole nitrogens is 1. The van der Waals surface area contributed by atoms with Crippen molar-refractivity contribution in [2.45, 2.75) is 20.0 Å².